The first-order valence-corrected chi connectivity index (χ1v) is 10.4. The molecule has 5 nitrogen and oxygen atoms in total. The summed E-state index contributed by atoms with van der Waals surface area (Å²) in [7, 11) is 0. The lowest BCUT2D eigenvalue weighted by atomic mass is 10.1. The molecule has 0 aliphatic rings. The molecular weight excluding hydrogens is 503 g/mol. The van der Waals surface area contributed by atoms with Crippen LogP contribution >= 0.6 is 39.1 Å². The molecule has 3 rings (SSSR count). The summed E-state index contributed by atoms with van der Waals surface area (Å²) < 4.78 is 6.18. The quantitative estimate of drug-likeness (QED) is 0.181. The second kappa shape index (κ2) is 10.3. The summed E-state index contributed by atoms with van der Waals surface area (Å²) in [6.45, 7) is 0. The van der Waals surface area contributed by atoms with E-state index in [9.17, 15) is 14.9 Å². The molecule has 1 amide bonds. The van der Waals surface area contributed by atoms with E-state index in [1.165, 1.54) is 18.2 Å². The third-order valence-corrected chi connectivity index (χ3v) is 5.10. The van der Waals surface area contributed by atoms with E-state index in [-0.39, 0.29) is 21.9 Å². The number of anilines is 1. The molecule has 0 heterocycles. The van der Waals surface area contributed by atoms with Crippen molar-refractivity contribution in [3.05, 3.63) is 97.9 Å². The summed E-state index contributed by atoms with van der Waals surface area (Å²) in [4.78, 5) is 24.6. The summed E-state index contributed by atoms with van der Waals surface area (Å²) in [6.07, 6.45) is 1.44. The van der Waals surface area contributed by atoms with Gasteiger partial charge >= 0.3 is 5.97 Å². The van der Waals surface area contributed by atoms with Gasteiger partial charge in [-0.25, -0.2) is 4.79 Å². The van der Waals surface area contributed by atoms with E-state index in [4.69, 9.17) is 27.9 Å². The minimum absolute atomic E-state index is 0.0689. The highest BCUT2D eigenvalue weighted by Crippen LogP contribution is 2.23. The maximum atomic E-state index is 12.4. The predicted octanol–water partition coefficient (Wildman–Crippen LogP) is 6.52. The van der Waals surface area contributed by atoms with Gasteiger partial charge in [-0.05, 0) is 66.2 Å². The molecule has 0 radical (unpaired) electrons. The summed E-state index contributed by atoms with van der Waals surface area (Å²) >= 11 is 15.2. The van der Waals surface area contributed by atoms with Gasteiger partial charge < -0.3 is 10.1 Å². The fraction of sp³-hybridized carbons (Fsp3) is 0. The topological polar surface area (TPSA) is 79.2 Å². The van der Waals surface area contributed by atoms with Gasteiger partial charge in [0.2, 0.25) is 0 Å². The van der Waals surface area contributed by atoms with Crippen LogP contribution in [0.15, 0.2) is 76.8 Å². The molecule has 0 saturated carbocycles. The van der Waals surface area contributed by atoms with Crippen molar-refractivity contribution in [3.8, 4) is 11.8 Å². The number of rotatable bonds is 5. The van der Waals surface area contributed by atoms with Crippen molar-refractivity contribution < 1.29 is 14.3 Å². The van der Waals surface area contributed by atoms with Gasteiger partial charge in [-0.3, -0.25) is 4.79 Å². The van der Waals surface area contributed by atoms with E-state index in [0.717, 1.165) is 4.47 Å². The number of carbonyl (C=O) groups excluding carboxylic acids is 2. The number of halogens is 3. The lowest BCUT2D eigenvalue weighted by Gasteiger charge is -2.07. The van der Waals surface area contributed by atoms with Gasteiger partial charge in [0, 0.05) is 15.2 Å². The van der Waals surface area contributed by atoms with Crippen LogP contribution in [0.2, 0.25) is 10.0 Å². The number of ether oxygens (including phenoxy) is 1. The van der Waals surface area contributed by atoms with Crippen molar-refractivity contribution in [3.63, 3.8) is 0 Å². The van der Waals surface area contributed by atoms with E-state index in [2.05, 4.69) is 21.2 Å². The zero-order valence-electron chi connectivity index (χ0n) is 15.7. The first-order chi connectivity index (χ1) is 14.9. The van der Waals surface area contributed by atoms with E-state index in [1.807, 2.05) is 6.07 Å². The van der Waals surface area contributed by atoms with Crippen molar-refractivity contribution in [2.75, 3.05) is 5.32 Å². The molecular formula is C23H13BrCl2N2O3. The third-order valence-electron chi connectivity index (χ3n) is 4.02. The van der Waals surface area contributed by atoms with Crippen LogP contribution in [-0.2, 0) is 4.79 Å². The van der Waals surface area contributed by atoms with Crippen LogP contribution in [0.1, 0.15) is 15.9 Å². The molecule has 31 heavy (non-hydrogen) atoms. The minimum atomic E-state index is -0.628. The van der Waals surface area contributed by atoms with Crippen LogP contribution in [0.3, 0.4) is 0 Å². The second-order valence-corrected chi connectivity index (χ2v) is 7.97. The van der Waals surface area contributed by atoms with Gasteiger partial charge in [-0.15, -0.1) is 0 Å². The second-order valence-electron chi connectivity index (χ2n) is 6.21. The lowest BCUT2D eigenvalue weighted by molar-refractivity contribution is -0.112. The Morgan fingerprint density at radius 3 is 2.29 bits per heavy atom. The van der Waals surface area contributed by atoms with Crippen LogP contribution in [0.4, 0.5) is 5.69 Å². The molecule has 3 aromatic carbocycles. The standard InChI is InChI=1S/C23H13BrCl2N2O3/c24-16-3-6-18(7-4-16)28-22(29)15(13-27)11-14-1-8-19(9-2-14)31-23(30)20-10-5-17(25)12-21(20)26/h1-12H,(H,28,29)/b15-11-. The number of amides is 1. The molecule has 0 spiro atoms. The average molecular weight is 516 g/mol. The molecule has 8 heteroatoms. The Balaban J connectivity index is 1.69. The number of benzene rings is 3. The molecule has 0 fully saturated rings. The molecule has 0 aliphatic heterocycles. The fourth-order valence-electron chi connectivity index (χ4n) is 2.50. The van der Waals surface area contributed by atoms with Gasteiger partial charge in [-0.1, -0.05) is 51.3 Å². The first-order valence-electron chi connectivity index (χ1n) is 8.82. The molecule has 154 valence electrons. The molecule has 0 saturated heterocycles. The number of nitrogens with one attached hydrogen (secondary N) is 1. The molecule has 0 unspecified atom stereocenters. The van der Waals surface area contributed by atoms with Gasteiger partial charge in [0.25, 0.3) is 5.91 Å². The maximum absolute atomic E-state index is 12.4. The molecule has 3 aromatic rings. The van der Waals surface area contributed by atoms with E-state index in [0.29, 0.717) is 16.3 Å². The van der Waals surface area contributed by atoms with Crippen LogP contribution in [0, 0.1) is 11.3 Å². The van der Waals surface area contributed by atoms with Gasteiger partial charge in [0.05, 0.1) is 10.6 Å². The normalized spacial score (nSPS) is 10.8. The molecule has 0 aliphatic carbocycles. The predicted molar refractivity (Wildman–Crippen MR) is 124 cm³/mol. The third kappa shape index (κ3) is 6.19. The smallest absolute Gasteiger partial charge is 0.345 e. The zero-order chi connectivity index (χ0) is 22.4. The number of nitriles is 1. The largest absolute Gasteiger partial charge is 0.423 e. The average Bonchev–Trinajstić information content (AvgIpc) is 2.74. The van der Waals surface area contributed by atoms with Crippen LogP contribution in [0.5, 0.6) is 5.75 Å². The summed E-state index contributed by atoms with van der Waals surface area (Å²) in [6, 6.07) is 19.7. The van der Waals surface area contributed by atoms with Crippen molar-refractivity contribution in [1.82, 2.24) is 0 Å². The van der Waals surface area contributed by atoms with E-state index in [1.54, 1.807) is 54.6 Å². The summed E-state index contributed by atoms with van der Waals surface area (Å²) in [5.74, 6) is -0.875. The molecule has 0 atom stereocenters. The fourth-order valence-corrected chi connectivity index (χ4v) is 3.25. The van der Waals surface area contributed by atoms with E-state index < -0.39 is 11.9 Å². The highest BCUT2D eigenvalue weighted by atomic mass is 79.9. The van der Waals surface area contributed by atoms with Crippen LogP contribution in [0.25, 0.3) is 6.08 Å². The highest BCUT2D eigenvalue weighted by Gasteiger charge is 2.14. The van der Waals surface area contributed by atoms with E-state index >= 15 is 0 Å². The number of nitrogens with zero attached hydrogens (tertiary/aromatic N) is 1. The summed E-state index contributed by atoms with van der Waals surface area (Å²) in [5, 5.41) is 12.6. The minimum Gasteiger partial charge on any atom is -0.423 e. The first kappa shape index (κ1) is 22.6. The Kier molecular flexibility index (Phi) is 7.48. The Labute approximate surface area is 197 Å². The summed E-state index contributed by atoms with van der Waals surface area (Å²) in [5.41, 5.74) is 1.27. The van der Waals surface area contributed by atoms with Crippen LogP contribution in [-0.4, -0.2) is 11.9 Å². The molecule has 0 bridgehead atoms. The Morgan fingerprint density at radius 2 is 1.68 bits per heavy atom. The Hall–Kier alpha value is -3.11. The van der Waals surface area contributed by atoms with Gasteiger partial charge in [0.1, 0.15) is 17.4 Å². The molecule has 0 aromatic heterocycles. The van der Waals surface area contributed by atoms with Crippen molar-refractivity contribution in [2.24, 2.45) is 0 Å². The number of carbonyl (C=O) groups is 2. The van der Waals surface area contributed by atoms with Crippen molar-refractivity contribution >= 4 is 62.8 Å². The lowest BCUT2D eigenvalue weighted by Crippen LogP contribution is -2.13. The monoisotopic (exact) mass is 514 g/mol. The maximum Gasteiger partial charge on any atom is 0.345 e. The van der Waals surface area contributed by atoms with Crippen LogP contribution < -0.4 is 10.1 Å². The molecule has 1 N–H and O–H groups in total. The van der Waals surface area contributed by atoms with Gasteiger partial charge in [0.15, 0.2) is 0 Å². The number of esters is 1. The zero-order valence-corrected chi connectivity index (χ0v) is 18.8. The SMILES string of the molecule is N#C/C(=C/c1ccc(OC(=O)c2ccc(Cl)cc2Cl)cc1)C(=O)Nc1ccc(Br)cc1. The Morgan fingerprint density at radius 1 is 1.00 bits per heavy atom. The van der Waals surface area contributed by atoms with Crippen molar-refractivity contribution in [2.45, 2.75) is 0 Å². The highest BCUT2D eigenvalue weighted by molar-refractivity contribution is 9.10. The number of hydrogen-bond donors (Lipinski definition) is 1. The number of hydrogen-bond acceptors (Lipinski definition) is 4. The van der Waals surface area contributed by atoms with Gasteiger partial charge in [-0.2, -0.15) is 5.26 Å². The van der Waals surface area contributed by atoms with Crippen molar-refractivity contribution in [1.29, 1.82) is 5.26 Å². The Bertz CT molecular complexity index is 1200.